The zero-order valence-corrected chi connectivity index (χ0v) is 12.0. The van der Waals surface area contributed by atoms with Crippen LogP contribution in [0.3, 0.4) is 0 Å². The van der Waals surface area contributed by atoms with Gasteiger partial charge >= 0.3 is 0 Å². The predicted octanol–water partition coefficient (Wildman–Crippen LogP) is 2.01. The fraction of sp³-hybridized carbons (Fsp3) is 0.294. The van der Waals surface area contributed by atoms with E-state index in [4.69, 9.17) is 0 Å². The third kappa shape index (κ3) is 1.82. The van der Waals surface area contributed by atoms with Crippen molar-refractivity contribution < 1.29 is 4.79 Å². The number of piperazine rings is 1. The van der Waals surface area contributed by atoms with Crippen molar-refractivity contribution in [1.29, 1.82) is 0 Å². The summed E-state index contributed by atoms with van der Waals surface area (Å²) in [5.41, 5.74) is 3.54. The molecule has 0 spiro atoms. The van der Waals surface area contributed by atoms with Gasteiger partial charge in [0.1, 0.15) is 11.9 Å². The lowest BCUT2D eigenvalue weighted by molar-refractivity contribution is -0.133. The van der Waals surface area contributed by atoms with Gasteiger partial charge in [-0.1, -0.05) is 30.3 Å². The first-order valence-corrected chi connectivity index (χ1v) is 7.29. The van der Waals surface area contributed by atoms with Crippen molar-refractivity contribution >= 4 is 11.7 Å². The lowest BCUT2D eigenvalue weighted by Gasteiger charge is -2.40. The van der Waals surface area contributed by atoms with Crippen molar-refractivity contribution in [1.82, 2.24) is 9.88 Å². The minimum atomic E-state index is -0.240. The Balaban J connectivity index is 1.95. The van der Waals surface area contributed by atoms with Crippen molar-refractivity contribution in [2.24, 2.45) is 0 Å². The largest absolute Gasteiger partial charge is 0.342 e. The number of aromatic nitrogens is 1. The molecule has 0 bridgehead atoms. The highest BCUT2D eigenvalue weighted by molar-refractivity contribution is 5.88. The minimum absolute atomic E-state index is 0.159. The van der Waals surface area contributed by atoms with E-state index in [1.54, 1.807) is 0 Å². The Labute approximate surface area is 124 Å². The van der Waals surface area contributed by atoms with Gasteiger partial charge in [0, 0.05) is 32.8 Å². The number of rotatable bonds is 0. The smallest absolute Gasteiger partial charge is 0.249 e. The molecule has 21 heavy (non-hydrogen) atoms. The highest BCUT2D eigenvalue weighted by atomic mass is 16.2. The summed E-state index contributed by atoms with van der Waals surface area (Å²) in [6.07, 6.45) is 2.65. The number of fused-ring (bicyclic) bond motifs is 5. The number of likely N-dealkylation sites (N-methyl/N-ethyl adjacent to an activating group) is 1. The van der Waals surface area contributed by atoms with E-state index in [-0.39, 0.29) is 11.9 Å². The standard InChI is InChI=1S/C17H17N3O/c1-19-9-10-20-15(17(19)21)14-7-3-2-5-12(14)11-13-6-4-8-18-16(13)20/h2-8,15H,9-11H2,1H3/t15-/m0/s1. The Bertz CT molecular complexity index is 713. The van der Waals surface area contributed by atoms with Crippen LogP contribution in [-0.4, -0.2) is 35.9 Å². The number of hydrogen-bond acceptors (Lipinski definition) is 3. The molecule has 2 aromatic rings. The molecule has 106 valence electrons. The van der Waals surface area contributed by atoms with Crippen LogP contribution in [0.1, 0.15) is 22.7 Å². The van der Waals surface area contributed by atoms with Crippen LogP contribution in [0.25, 0.3) is 0 Å². The molecule has 0 aliphatic carbocycles. The van der Waals surface area contributed by atoms with E-state index < -0.39 is 0 Å². The molecule has 1 amide bonds. The molecule has 1 aromatic carbocycles. The number of carbonyl (C=O) groups is 1. The summed E-state index contributed by atoms with van der Waals surface area (Å²) in [6, 6.07) is 12.1. The number of benzene rings is 1. The van der Waals surface area contributed by atoms with Gasteiger partial charge in [-0.2, -0.15) is 0 Å². The first kappa shape index (κ1) is 12.4. The first-order valence-electron chi connectivity index (χ1n) is 7.29. The van der Waals surface area contributed by atoms with Crippen molar-refractivity contribution in [2.45, 2.75) is 12.5 Å². The number of amides is 1. The van der Waals surface area contributed by atoms with Crippen molar-refractivity contribution in [2.75, 3.05) is 25.0 Å². The molecule has 0 saturated carbocycles. The summed E-state index contributed by atoms with van der Waals surface area (Å²) in [4.78, 5) is 21.3. The molecule has 2 aliphatic heterocycles. The molecular weight excluding hydrogens is 262 g/mol. The topological polar surface area (TPSA) is 36.4 Å². The molecule has 4 rings (SSSR count). The Morgan fingerprint density at radius 2 is 1.90 bits per heavy atom. The van der Waals surface area contributed by atoms with Gasteiger partial charge in [0.2, 0.25) is 5.91 Å². The Hall–Kier alpha value is -2.36. The van der Waals surface area contributed by atoms with Crippen LogP contribution < -0.4 is 4.90 Å². The van der Waals surface area contributed by atoms with Gasteiger partial charge in [0.25, 0.3) is 0 Å². The average molecular weight is 279 g/mol. The number of carbonyl (C=O) groups excluding carboxylic acids is 1. The summed E-state index contributed by atoms with van der Waals surface area (Å²) in [7, 11) is 1.88. The SMILES string of the molecule is CN1CCN2c3ncccc3Cc3ccccc3[C@H]2C1=O. The second kappa shape index (κ2) is 4.58. The summed E-state index contributed by atoms with van der Waals surface area (Å²) in [5.74, 6) is 1.12. The number of hydrogen-bond donors (Lipinski definition) is 0. The number of pyridine rings is 1. The van der Waals surface area contributed by atoms with Crippen molar-refractivity contribution in [3.8, 4) is 0 Å². The normalized spacial score (nSPS) is 20.4. The fourth-order valence-corrected chi connectivity index (χ4v) is 3.36. The van der Waals surface area contributed by atoms with Crippen LogP contribution in [0.15, 0.2) is 42.6 Å². The quantitative estimate of drug-likeness (QED) is 0.740. The monoisotopic (exact) mass is 279 g/mol. The molecule has 0 radical (unpaired) electrons. The maximum Gasteiger partial charge on any atom is 0.249 e. The van der Waals surface area contributed by atoms with Gasteiger partial charge in [0.15, 0.2) is 0 Å². The van der Waals surface area contributed by atoms with E-state index >= 15 is 0 Å². The zero-order chi connectivity index (χ0) is 14.4. The third-order valence-corrected chi connectivity index (χ3v) is 4.47. The summed E-state index contributed by atoms with van der Waals surface area (Å²) >= 11 is 0. The van der Waals surface area contributed by atoms with Crippen LogP contribution in [0.4, 0.5) is 5.82 Å². The summed E-state index contributed by atoms with van der Waals surface area (Å²) < 4.78 is 0. The van der Waals surface area contributed by atoms with Gasteiger partial charge in [0.05, 0.1) is 0 Å². The van der Waals surface area contributed by atoms with Crippen LogP contribution >= 0.6 is 0 Å². The van der Waals surface area contributed by atoms with E-state index in [1.807, 2.05) is 36.3 Å². The molecule has 1 aromatic heterocycles. The van der Waals surface area contributed by atoms with Gasteiger partial charge in [-0.05, 0) is 22.8 Å². The third-order valence-electron chi connectivity index (χ3n) is 4.47. The molecule has 1 atom stereocenters. The van der Waals surface area contributed by atoms with Crippen molar-refractivity contribution in [3.05, 3.63) is 59.3 Å². The predicted molar refractivity (Wildman–Crippen MR) is 81.2 cm³/mol. The second-order valence-electron chi connectivity index (χ2n) is 5.72. The lowest BCUT2D eigenvalue weighted by atomic mass is 9.96. The Morgan fingerprint density at radius 3 is 2.81 bits per heavy atom. The fourth-order valence-electron chi connectivity index (χ4n) is 3.36. The lowest BCUT2D eigenvalue weighted by Crippen LogP contribution is -2.51. The molecule has 1 fully saturated rings. The van der Waals surface area contributed by atoms with E-state index in [1.165, 1.54) is 11.1 Å². The number of anilines is 1. The molecule has 2 aliphatic rings. The van der Waals surface area contributed by atoms with Crippen LogP contribution in [0.2, 0.25) is 0 Å². The highest BCUT2D eigenvalue weighted by Crippen LogP contribution is 2.38. The summed E-state index contributed by atoms with van der Waals surface area (Å²) in [6.45, 7) is 1.57. The molecule has 4 nitrogen and oxygen atoms in total. The van der Waals surface area contributed by atoms with E-state index in [9.17, 15) is 4.79 Å². The first-order chi connectivity index (χ1) is 10.3. The molecule has 0 unspecified atom stereocenters. The zero-order valence-electron chi connectivity index (χ0n) is 12.0. The molecule has 4 heteroatoms. The number of nitrogens with zero attached hydrogens (tertiary/aromatic N) is 3. The molecule has 0 N–H and O–H groups in total. The van der Waals surface area contributed by atoms with Gasteiger partial charge in [-0.3, -0.25) is 4.79 Å². The van der Waals surface area contributed by atoms with Gasteiger partial charge < -0.3 is 9.80 Å². The van der Waals surface area contributed by atoms with Crippen LogP contribution in [0, 0.1) is 0 Å². The van der Waals surface area contributed by atoms with Crippen LogP contribution in [0.5, 0.6) is 0 Å². The maximum atomic E-state index is 12.7. The van der Waals surface area contributed by atoms with E-state index in [2.05, 4.69) is 28.1 Å². The molecular formula is C17H17N3O. The minimum Gasteiger partial charge on any atom is -0.342 e. The van der Waals surface area contributed by atoms with Gasteiger partial charge in [-0.15, -0.1) is 0 Å². The molecule has 3 heterocycles. The second-order valence-corrected chi connectivity index (χ2v) is 5.72. The van der Waals surface area contributed by atoms with Crippen molar-refractivity contribution in [3.63, 3.8) is 0 Å². The van der Waals surface area contributed by atoms with E-state index in [0.29, 0.717) is 0 Å². The average Bonchev–Trinajstić information content (AvgIpc) is 2.65. The highest BCUT2D eigenvalue weighted by Gasteiger charge is 2.38. The Morgan fingerprint density at radius 1 is 1.10 bits per heavy atom. The molecule has 1 saturated heterocycles. The maximum absolute atomic E-state index is 12.7. The summed E-state index contributed by atoms with van der Waals surface area (Å²) in [5, 5.41) is 0. The van der Waals surface area contributed by atoms with E-state index in [0.717, 1.165) is 30.9 Å². The van der Waals surface area contributed by atoms with Gasteiger partial charge in [-0.25, -0.2) is 4.98 Å². The Kier molecular flexibility index (Phi) is 2.70. The van der Waals surface area contributed by atoms with Crippen LogP contribution in [-0.2, 0) is 11.2 Å².